The highest BCUT2D eigenvalue weighted by Gasteiger charge is 2.27. The molecule has 0 saturated carbocycles. The Morgan fingerprint density at radius 1 is 0.976 bits per heavy atom. The first-order valence-corrected chi connectivity index (χ1v) is 13.8. The number of ether oxygens (including phenoxy) is 1. The van der Waals surface area contributed by atoms with Gasteiger partial charge in [0.05, 0.1) is 17.2 Å². The maximum absolute atomic E-state index is 13.9. The molecule has 0 aliphatic carbocycles. The molecule has 3 aromatic rings. The number of likely N-dealkylation sites (tertiary alicyclic amines) is 2. The average Bonchev–Trinajstić information content (AvgIpc) is 3.00. The van der Waals surface area contributed by atoms with E-state index in [0.29, 0.717) is 37.1 Å². The molecule has 2 aromatic carbocycles. The molecule has 0 bridgehead atoms. The molecule has 2 saturated heterocycles. The minimum absolute atomic E-state index is 0.000336. The lowest BCUT2D eigenvalue weighted by molar-refractivity contribution is 0.0582. The van der Waals surface area contributed by atoms with E-state index in [2.05, 4.69) is 21.3 Å². The number of pyridine rings is 1. The highest BCUT2D eigenvalue weighted by molar-refractivity contribution is 5.96. The summed E-state index contributed by atoms with van der Waals surface area (Å²) in [6, 6.07) is 16.2. The van der Waals surface area contributed by atoms with Crippen LogP contribution in [0.5, 0.6) is 5.75 Å². The fourth-order valence-electron chi connectivity index (χ4n) is 5.19. The van der Waals surface area contributed by atoms with Gasteiger partial charge < -0.3 is 15.0 Å². The monoisotopic (exact) mass is 559 g/mol. The minimum atomic E-state index is -0.748. The van der Waals surface area contributed by atoms with Crippen molar-refractivity contribution in [3.8, 4) is 11.8 Å². The van der Waals surface area contributed by atoms with Crippen LogP contribution in [-0.2, 0) is 6.54 Å². The van der Waals surface area contributed by atoms with Crippen molar-refractivity contribution in [2.75, 3.05) is 26.2 Å². The van der Waals surface area contributed by atoms with E-state index in [0.717, 1.165) is 50.2 Å². The summed E-state index contributed by atoms with van der Waals surface area (Å²) < 4.78 is 32.7. The number of piperidine rings is 2. The van der Waals surface area contributed by atoms with Gasteiger partial charge in [-0.15, -0.1) is 0 Å². The summed E-state index contributed by atoms with van der Waals surface area (Å²) in [5.41, 5.74) is 2.46. The number of benzene rings is 2. The summed E-state index contributed by atoms with van der Waals surface area (Å²) in [7, 11) is 0. The van der Waals surface area contributed by atoms with Gasteiger partial charge in [-0.1, -0.05) is 12.1 Å². The first-order chi connectivity index (χ1) is 19.9. The molecular formula is C31H31F2N5O3. The molecule has 1 aromatic heterocycles. The first kappa shape index (κ1) is 28.2. The Labute approximate surface area is 237 Å². The topological polar surface area (TPSA) is 98.6 Å². The number of rotatable bonds is 7. The standard InChI is InChI=1S/C31H31F2N5O3/c32-24-6-8-29(27(33)17-24)41-26-11-15-38(16-12-26)31(40)28-7-5-23(19-35-28)30(39)36-25-9-13-37(14-10-25)20-22-3-1-21(18-34)2-4-22/h1-8,17,19,25-26H,9-16,20H2,(H,36,39). The second-order valence-corrected chi connectivity index (χ2v) is 10.4. The van der Waals surface area contributed by atoms with Crippen LogP contribution in [0.25, 0.3) is 0 Å². The number of halogens is 2. The van der Waals surface area contributed by atoms with Gasteiger partial charge in [0.1, 0.15) is 17.6 Å². The SMILES string of the molecule is N#Cc1ccc(CN2CCC(NC(=O)c3ccc(C(=O)N4CCC(Oc5ccc(F)cc5F)CC4)nc3)CC2)cc1. The van der Waals surface area contributed by atoms with Crippen LogP contribution >= 0.6 is 0 Å². The summed E-state index contributed by atoms with van der Waals surface area (Å²) in [5, 5.41) is 12.0. The van der Waals surface area contributed by atoms with E-state index in [1.54, 1.807) is 17.0 Å². The smallest absolute Gasteiger partial charge is 0.272 e. The molecule has 10 heteroatoms. The van der Waals surface area contributed by atoms with Gasteiger partial charge in [0.2, 0.25) is 0 Å². The van der Waals surface area contributed by atoms with Crippen molar-refractivity contribution in [2.24, 2.45) is 0 Å². The van der Waals surface area contributed by atoms with Gasteiger partial charge in [-0.3, -0.25) is 19.5 Å². The first-order valence-electron chi connectivity index (χ1n) is 13.8. The maximum Gasteiger partial charge on any atom is 0.272 e. The van der Waals surface area contributed by atoms with E-state index in [-0.39, 0.29) is 35.4 Å². The van der Waals surface area contributed by atoms with Crippen LogP contribution in [0.2, 0.25) is 0 Å². The molecule has 2 fully saturated rings. The number of carbonyl (C=O) groups excluding carboxylic acids is 2. The largest absolute Gasteiger partial charge is 0.487 e. The van der Waals surface area contributed by atoms with Crippen LogP contribution in [0.3, 0.4) is 0 Å². The predicted molar refractivity (Wildman–Crippen MR) is 147 cm³/mol. The lowest BCUT2D eigenvalue weighted by Crippen LogP contribution is -2.44. The Morgan fingerprint density at radius 3 is 2.34 bits per heavy atom. The molecule has 5 rings (SSSR count). The Hall–Kier alpha value is -4.36. The van der Waals surface area contributed by atoms with Crippen molar-refractivity contribution in [1.82, 2.24) is 20.1 Å². The molecule has 41 heavy (non-hydrogen) atoms. The predicted octanol–water partition coefficient (Wildman–Crippen LogP) is 4.31. The zero-order valence-electron chi connectivity index (χ0n) is 22.6. The zero-order valence-corrected chi connectivity index (χ0v) is 22.6. The fourth-order valence-corrected chi connectivity index (χ4v) is 5.19. The van der Waals surface area contributed by atoms with Gasteiger partial charge in [0, 0.05) is 63.9 Å². The van der Waals surface area contributed by atoms with E-state index in [1.807, 2.05) is 24.3 Å². The summed E-state index contributed by atoms with van der Waals surface area (Å²) in [6.45, 7) is 3.36. The summed E-state index contributed by atoms with van der Waals surface area (Å²) in [6.07, 6.45) is 3.83. The number of aromatic nitrogens is 1. The van der Waals surface area contributed by atoms with E-state index < -0.39 is 11.6 Å². The third kappa shape index (κ3) is 7.24. The highest BCUT2D eigenvalue weighted by atomic mass is 19.1. The van der Waals surface area contributed by atoms with Crippen LogP contribution in [-0.4, -0.2) is 64.9 Å². The van der Waals surface area contributed by atoms with E-state index in [4.69, 9.17) is 10.00 Å². The van der Waals surface area contributed by atoms with Gasteiger partial charge in [-0.2, -0.15) is 5.26 Å². The van der Waals surface area contributed by atoms with Crippen LogP contribution < -0.4 is 10.1 Å². The number of amides is 2. The summed E-state index contributed by atoms with van der Waals surface area (Å²) in [4.78, 5) is 34.0. The average molecular weight is 560 g/mol. The number of nitrogens with zero attached hydrogens (tertiary/aromatic N) is 4. The summed E-state index contributed by atoms with van der Waals surface area (Å²) >= 11 is 0. The Balaban J connectivity index is 1.06. The van der Waals surface area contributed by atoms with Gasteiger partial charge in [-0.25, -0.2) is 8.78 Å². The molecule has 0 atom stereocenters. The highest BCUT2D eigenvalue weighted by Crippen LogP contribution is 2.23. The van der Waals surface area contributed by atoms with E-state index in [9.17, 15) is 18.4 Å². The van der Waals surface area contributed by atoms with Crippen molar-refractivity contribution in [1.29, 1.82) is 5.26 Å². The fraction of sp³-hybridized carbons (Fsp3) is 0.355. The van der Waals surface area contributed by atoms with E-state index in [1.165, 1.54) is 12.3 Å². The Bertz CT molecular complexity index is 1410. The van der Waals surface area contributed by atoms with Crippen LogP contribution in [0, 0.1) is 23.0 Å². The molecule has 2 aliphatic heterocycles. The van der Waals surface area contributed by atoms with Gasteiger partial charge in [0.15, 0.2) is 11.6 Å². The molecular weight excluding hydrogens is 528 g/mol. The summed E-state index contributed by atoms with van der Waals surface area (Å²) in [5.74, 6) is -1.86. The molecule has 212 valence electrons. The van der Waals surface area contributed by atoms with Crippen LogP contribution in [0.4, 0.5) is 8.78 Å². The van der Waals surface area contributed by atoms with Crippen LogP contribution in [0.15, 0.2) is 60.8 Å². The zero-order chi connectivity index (χ0) is 28.8. The molecule has 0 radical (unpaired) electrons. The van der Waals surface area contributed by atoms with E-state index >= 15 is 0 Å². The Kier molecular flexibility index (Phi) is 8.85. The molecule has 8 nitrogen and oxygen atoms in total. The molecule has 2 amide bonds. The molecule has 2 aliphatic rings. The third-order valence-electron chi connectivity index (χ3n) is 7.57. The number of hydrogen-bond donors (Lipinski definition) is 1. The number of hydrogen-bond acceptors (Lipinski definition) is 6. The van der Waals surface area contributed by atoms with Crippen LogP contribution in [0.1, 0.15) is 57.7 Å². The number of nitriles is 1. The van der Waals surface area contributed by atoms with Crippen molar-refractivity contribution in [2.45, 2.75) is 44.4 Å². The third-order valence-corrected chi connectivity index (χ3v) is 7.57. The number of carbonyl (C=O) groups is 2. The molecule has 0 spiro atoms. The van der Waals surface area contributed by atoms with Crippen molar-refractivity contribution in [3.63, 3.8) is 0 Å². The second kappa shape index (κ2) is 12.9. The minimum Gasteiger partial charge on any atom is -0.487 e. The maximum atomic E-state index is 13.9. The van der Waals surface area contributed by atoms with Crippen molar-refractivity contribution >= 4 is 11.8 Å². The lowest BCUT2D eigenvalue weighted by Gasteiger charge is -2.32. The normalized spacial score (nSPS) is 16.7. The second-order valence-electron chi connectivity index (χ2n) is 10.4. The molecule has 3 heterocycles. The van der Waals surface area contributed by atoms with Crippen molar-refractivity contribution in [3.05, 3.63) is 94.8 Å². The lowest BCUT2D eigenvalue weighted by atomic mass is 10.0. The Morgan fingerprint density at radius 2 is 1.71 bits per heavy atom. The number of nitrogens with one attached hydrogen (secondary N) is 1. The quantitative estimate of drug-likeness (QED) is 0.463. The van der Waals surface area contributed by atoms with Crippen molar-refractivity contribution < 1.29 is 23.1 Å². The molecule has 1 N–H and O–H groups in total. The van der Waals surface area contributed by atoms with Gasteiger partial charge >= 0.3 is 0 Å². The molecule has 0 unspecified atom stereocenters. The van der Waals surface area contributed by atoms with Gasteiger partial charge in [0.25, 0.3) is 11.8 Å². The van der Waals surface area contributed by atoms with Gasteiger partial charge in [-0.05, 0) is 54.8 Å².